The highest BCUT2D eigenvalue weighted by atomic mass is 32.1. The largest absolute Gasteiger partial charge is 0.370 e. The molecule has 1 N–H and O–H groups in total. The van der Waals surface area contributed by atoms with E-state index >= 15 is 0 Å². The van der Waals surface area contributed by atoms with Crippen LogP contribution in [-0.4, -0.2) is 31.7 Å². The van der Waals surface area contributed by atoms with Gasteiger partial charge in [0.25, 0.3) is 0 Å². The van der Waals surface area contributed by atoms with Crippen LogP contribution in [0.15, 0.2) is 30.3 Å². The van der Waals surface area contributed by atoms with E-state index in [1.807, 2.05) is 17.5 Å². The number of thiophene rings is 1. The Hall–Kier alpha value is -2.35. The standard InChI is InChI=1S/C22H25N5OS/c1-14-24-21-19(16-11-22(2,3)28-13-17(16)29-21)20-25-18(26-27(14)20)12-23-10-9-15-7-5-4-6-8-15/h4-8,23H,9-13H2,1-3H3. The Labute approximate surface area is 173 Å². The molecule has 1 aromatic carbocycles. The fourth-order valence-electron chi connectivity index (χ4n) is 3.94. The third-order valence-corrected chi connectivity index (χ3v) is 6.53. The lowest BCUT2D eigenvalue weighted by molar-refractivity contribution is -0.0379. The summed E-state index contributed by atoms with van der Waals surface area (Å²) in [5.74, 6) is 1.68. The predicted octanol–water partition coefficient (Wildman–Crippen LogP) is 3.83. The summed E-state index contributed by atoms with van der Waals surface area (Å²) in [5, 5.41) is 9.35. The molecule has 0 aliphatic carbocycles. The first-order chi connectivity index (χ1) is 14.0. The number of hydrogen-bond acceptors (Lipinski definition) is 6. The van der Waals surface area contributed by atoms with Gasteiger partial charge in [-0.15, -0.1) is 16.4 Å². The fourth-order valence-corrected chi connectivity index (χ4v) is 5.08. The molecule has 1 aliphatic rings. The normalized spacial score (nSPS) is 15.8. The number of rotatable bonds is 5. The van der Waals surface area contributed by atoms with Crippen molar-refractivity contribution < 1.29 is 4.74 Å². The van der Waals surface area contributed by atoms with Crippen molar-refractivity contribution in [2.75, 3.05) is 6.54 Å². The molecule has 0 amide bonds. The monoisotopic (exact) mass is 407 g/mol. The van der Waals surface area contributed by atoms with Gasteiger partial charge in [0.05, 0.1) is 24.1 Å². The van der Waals surface area contributed by atoms with E-state index < -0.39 is 0 Å². The summed E-state index contributed by atoms with van der Waals surface area (Å²) < 4.78 is 7.90. The molecule has 29 heavy (non-hydrogen) atoms. The highest BCUT2D eigenvalue weighted by Crippen LogP contribution is 2.39. The molecule has 0 unspecified atom stereocenters. The topological polar surface area (TPSA) is 64.3 Å². The Morgan fingerprint density at radius 3 is 2.86 bits per heavy atom. The van der Waals surface area contributed by atoms with Gasteiger partial charge in [0.1, 0.15) is 10.7 Å². The third kappa shape index (κ3) is 3.54. The van der Waals surface area contributed by atoms with Crippen LogP contribution in [0, 0.1) is 6.92 Å². The van der Waals surface area contributed by atoms with Gasteiger partial charge in [0.2, 0.25) is 0 Å². The second kappa shape index (κ2) is 7.16. The average molecular weight is 408 g/mol. The van der Waals surface area contributed by atoms with Gasteiger partial charge in [0.15, 0.2) is 11.5 Å². The fraction of sp³-hybridized carbons (Fsp3) is 0.409. The molecule has 4 aromatic rings. The van der Waals surface area contributed by atoms with E-state index in [1.54, 1.807) is 11.3 Å². The number of hydrogen-bond donors (Lipinski definition) is 1. The smallest absolute Gasteiger partial charge is 0.168 e. The molecular weight excluding hydrogens is 382 g/mol. The minimum atomic E-state index is -0.162. The van der Waals surface area contributed by atoms with Gasteiger partial charge >= 0.3 is 0 Å². The first kappa shape index (κ1) is 18.7. The van der Waals surface area contributed by atoms with Crippen LogP contribution in [-0.2, 0) is 30.7 Å². The minimum Gasteiger partial charge on any atom is -0.370 e. The SMILES string of the molecule is Cc1nc2sc3c(c2c2nc(CNCCc4ccccc4)nn12)CC(C)(C)OC3. The molecular formula is C22H25N5OS. The van der Waals surface area contributed by atoms with E-state index in [1.165, 1.54) is 16.0 Å². The quantitative estimate of drug-likeness (QED) is 0.510. The molecule has 4 heterocycles. The van der Waals surface area contributed by atoms with Crippen molar-refractivity contribution >= 4 is 27.2 Å². The van der Waals surface area contributed by atoms with Crippen molar-refractivity contribution in [3.05, 3.63) is 58.0 Å². The van der Waals surface area contributed by atoms with Crippen LogP contribution in [0.25, 0.3) is 15.9 Å². The van der Waals surface area contributed by atoms with Crippen molar-refractivity contribution in [3.8, 4) is 0 Å². The summed E-state index contributed by atoms with van der Waals surface area (Å²) in [6.45, 7) is 8.47. The Balaban J connectivity index is 1.42. The van der Waals surface area contributed by atoms with E-state index in [0.29, 0.717) is 13.2 Å². The van der Waals surface area contributed by atoms with Gasteiger partial charge in [0, 0.05) is 11.3 Å². The van der Waals surface area contributed by atoms with Crippen LogP contribution in [0.4, 0.5) is 0 Å². The van der Waals surface area contributed by atoms with Crippen LogP contribution < -0.4 is 5.32 Å². The molecule has 0 spiro atoms. The number of benzene rings is 1. The molecule has 5 rings (SSSR count). The molecule has 1 aliphatic heterocycles. The van der Waals surface area contributed by atoms with E-state index in [2.05, 4.69) is 43.4 Å². The summed E-state index contributed by atoms with van der Waals surface area (Å²) in [6, 6.07) is 10.5. The van der Waals surface area contributed by atoms with E-state index in [9.17, 15) is 0 Å². The first-order valence-corrected chi connectivity index (χ1v) is 10.9. The van der Waals surface area contributed by atoms with Crippen molar-refractivity contribution in [3.63, 3.8) is 0 Å². The van der Waals surface area contributed by atoms with Gasteiger partial charge in [-0.3, -0.25) is 0 Å². The van der Waals surface area contributed by atoms with Crippen molar-refractivity contribution in [2.45, 2.75) is 52.4 Å². The summed E-state index contributed by atoms with van der Waals surface area (Å²) in [7, 11) is 0. The number of aryl methyl sites for hydroxylation is 1. The predicted molar refractivity (Wildman–Crippen MR) is 115 cm³/mol. The zero-order valence-electron chi connectivity index (χ0n) is 17.0. The maximum atomic E-state index is 6.00. The van der Waals surface area contributed by atoms with Gasteiger partial charge in [-0.1, -0.05) is 30.3 Å². The van der Waals surface area contributed by atoms with E-state index in [0.717, 1.165) is 46.9 Å². The Morgan fingerprint density at radius 2 is 2.03 bits per heavy atom. The molecule has 3 aromatic heterocycles. The number of fused-ring (bicyclic) bond motifs is 5. The summed E-state index contributed by atoms with van der Waals surface area (Å²) >= 11 is 1.72. The highest BCUT2D eigenvalue weighted by molar-refractivity contribution is 7.19. The van der Waals surface area contributed by atoms with Crippen LogP contribution in [0.3, 0.4) is 0 Å². The Kier molecular flexibility index (Phi) is 4.61. The van der Waals surface area contributed by atoms with Gasteiger partial charge in [-0.25, -0.2) is 9.97 Å². The van der Waals surface area contributed by atoms with Crippen LogP contribution >= 0.6 is 11.3 Å². The summed E-state index contributed by atoms with van der Waals surface area (Å²) in [6.07, 6.45) is 1.87. The molecule has 7 heteroatoms. The Morgan fingerprint density at radius 1 is 1.21 bits per heavy atom. The van der Waals surface area contributed by atoms with Crippen LogP contribution in [0.5, 0.6) is 0 Å². The zero-order valence-corrected chi connectivity index (χ0v) is 17.8. The van der Waals surface area contributed by atoms with Crippen LogP contribution in [0.1, 0.15) is 41.5 Å². The molecule has 150 valence electrons. The number of nitrogens with one attached hydrogen (secondary N) is 1. The zero-order chi connectivity index (χ0) is 20.0. The second-order valence-corrected chi connectivity index (χ2v) is 9.33. The molecule has 0 bridgehead atoms. The maximum absolute atomic E-state index is 6.00. The van der Waals surface area contributed by atoms with E-state index in [-0.39, 0.29) is 5.60 Å². The molecule has 0 saturated carbocycles. The molecule has 0 saturated heterocycles. The summed E-state index contributed by atoms with van der Waals surface area (Å²) in [4.78, 5) is 12.0. The van der Waals surface area contributed by atoms with Gasteiger partial charge in [-0.05, 0) is 44.9 Å². The lowest BCUT2D eigenvalue weighted by Gasteiger charge is -2.30. The van der Waals surface area contributed by atoms with E-state index in [4.69, 9.17) is 19.8 Å². The van der Waals surface area contributed by atoms with Crippen molar-refractivity contribution in [1.29, 1.82) is 0 Å². The average Bonchev–Trinajstić information content (AvgIpc) is 3.26. The summed E-state index contributed by atoms with van der Waals surface area (Å²) in [5.41, 5.74) is 3.42. The first-order valence-electron chi connectivity index (χ1n) is 10.1. The minimum absolute atomic E-state index is 0.162. The lowest BCUT2D eigenvalue weighted by atomic mass is 9.94. The lowest BCUT2D eigenvalue weighted by Crippen LogP contribution is -2.31. The van der Waals surface area contributed by atoms with Gasteiger partial charge in [-0.2, -0.15) is 4.52 Å². The number of nitrogens with zero attached hydrogens (tertiary/aromatic N) is 4. The number of aromatic nitrogens is 4. The van der Waals surface area contributed by atoms with Crippen molar-refractivity contribution in [1.82, 2.24) is 24.9 Å². The molecule has 0 radical (unpaired) electrons. The third-order valence-electron chi connectivity index (χ3n) is 5.43. The molecule has 6 nitrogen and oxygen atoms in total. The van der Waals surface area contributed by atoms with Crippen LogP contribution in [0.2, 0.25) is 0 Å². The molecule has 0 fully saturated rings. The second-order valence-electron chi connectivity index (χ2n) is 8.24. The Bertz CT molecular complexity index is 1180. The molecule has 0 atom stereocenters. The maximum Gasteiger partial charge on any atom is 0.168 e. The highest BCUT2D eigenvalue weighted by Gasteiger charge is 2.31. The van der Waals surface area contributed by atoms with Gasteiger partial charge < -0.3 is 10.1 Å². The number of ether oxygens (including phenoxy) is 1. The van der Waals surface area contributed by atoms with Crippen molar-refractivity contribution in [2.24, 2.45) is 0 Å².